The minimum atomic E-state index is -0.972. The smallest absolute Gasteiger partial charge is 0.342 e. The maximum atomic E-state index is 11.6. The van der Waals surface area contributed by atoms with Crippen molar-refractivity contribution in [2.45, 2.75) is 32.4 Å². The Bertz CT molecular complexity index is 510. The minimum absolute atomic E-state index is 0.0213. The monoisotopic (exact) mass is 269 g/mol. The summed E-state index contributed by atoms with van der Waals surface area (Å²) in [5, 5.41) is 10.7. The summed E-state index contributed by atoms with van der Waals surface area (Å²) in [5.74, 6) is -0.788. The molecule has 0 aliphatic rings. The van der Waals surface area contributed by atoms with Crippen LogP contribution in [-0.4, -0.2) is 32.2 Å². The summed E-state index contributed by atoms with van der Waals surface area (Å²) >= 11 is 0. The van der Waals surface area contributed by atoms with Gasteiger partial charge >= 0.3 is 5.82 Å². The molecule has 0 unspecified atom stereocenters. The average molecular weight is 269 g/mol. The van der Waals surface area contributed by atoms with Gasteiger partial charge < -0.3 is 21.6 Å². The summed E-state index contributed by atoms with van der Waals surface area (Å²) in [4.78, 5) is 36.2. The van der Waals surface area contributed by atoms with Crippen molar-refractivity contribution < 1.29 is 14.5 Å². The first kappa shape index (κ1) is 14.8. The molecule has 0 aromatic carbocycles. The topological polar surface area (TPSA) is 147 Å². The molecule has 0 fully saturated rings. The van der Waals surface area contributed by atoms with Gasteiger partial charge in [-0.05, 0) is 4.92 Å². The normalized spacial score (nSPS) is 12.1. The molecule has 1 amide bonds. The molecule has 0 saturated heterocycles. The molecule has 19 heavy (non-hydrogen) atoms. The van der Waals surface area contributed by atoms with Crippen molar-refractivity contribution in [2.24, 2.45) is 11.5 Å². The quantitative estimate of drug-likeness (QED) is 0.492. The largest absolute Gasteiger partial charge is 0.370 e. The number of primary amides is 1. The fourth-order valence-corrected chi connectivity index (χ4v) is 1.62. The Kier molecular flexibility index (Phi) is 4.70. The van der Waals surface area contributed by atoms with Gasteiger partial charge in [0.15, 0.2) is 11.6 Å². The van der Waals surface area contributed by atoms with Gasteiger partial charge in [-0.1, -0.05) is 0 Å². The number of amides is 1. The van der Waals surface area contributed by atoms with Crippen LogP contribution < -0.4 is 11.5 Å². The van der Waals surface area contributed by atoms with E-state index in [1.54, 1.807) is 6.92 Å². The number of hydrogen-bond acceptors (Lipinski definition) is 6. The molecule has 0 radical (unpaired) electrons. The van der Waals surface area contributed by atoms with Gasteiger partial charge in [0, 0.05) is 19.8 Å². The van der Waals surface area contributed by atoms with Gasteiger partial charge in [0.2, 0.25) is 5.91 Å². The lowest BCUT2D eigenvalue weighted by molar-refractivity contribution is -0.392. The zero-order valence-corrected chi connectivity index (χ0v) is 10.4. The Morgan fingerprint density at radius 2 is 2.21 bits per heavy atom. The molecule has 4 N–H and O–H groups in total. The van der Waals surface area contributed by atoms with Crippen molar-refractivity contribution in [3.05, 3.63) is 22.1 Å². The molecule has 104 valence electrons. The van der Waals surface area contributed by atoms with E-state index < -0.39 is 16.9 Å². The van der Waals surface area contributed by atoms with Crippen LogP contribution in [0.3, 0.4) is 0 Å². The summed E-state index contributed by atoms with van der Waals surface area (Å²) in [6, 6.07) is -0.972. The van der Waals surface area contributed by atoms with E-state index in [0.29, 0.717) is 5.82 Å². The van der Waals surface area contributed by atoms with Crippen LogP contribution in [-0.2, 0) is 16.1 Å². The molecule has 0 aliphatic carbocycles. The Balaban J connectivity index is 2.67. The van der Waals surface area contributed by atoms with Crippen LogP contribution in [0, 0.1) is 17.0 Å². The third-order valence-corrected chi connectivity index (χ3v) is 2.64. The third kappa shape index (κ3) is 3.85. The number of rotatable bonds is 7. The molecule has 9 nitrogen and oxygen atoms in total. The number of nitro groups is 1. The van der Waals surface area contributed by atoms with Crippen LogP contribution in [0.1, 0.15) is 18.7 Å². The molecular formula is C10H15N5O4. The number of Topliss-reactive ketones (excluding diaryl/α,β-unsaturated/α-hetero) is 1. The number of carbonyl (C=O) groups is 2. The van der Waals surface area contributed by atoms with Gasteiger partial charge in [0.1, 0.15) is 6.20 Å². The third-order valence-electron chi connectivity index (χ3n) is 2.64. The lowest BCUT2D eigenvalue weighted by atomic mass is 10.1. The molecule has 1 aromatic rings. The van der Waals surface area contributed by atoms with Crippen LogP contribution in [0.2, 0.25) is 0 Å². The highest BCUT2D eigenvalue weighted by atomic mass is 16.6. The Morgan fingerprint density at radius 3 is 2.74 bits per heavy atom. The van der Waals surface area contributed by atoms with Crippen molar-refractivity contribution in [3.63, 3.8) is 0 Å². The molecule has 0 spiro atoms. The van der Waals surface area contributed by atoms with Crippen LogP contribution in [0.15, 0.2) is 6.20 Å². The number of aromatic nitrogens is 2. The van der Waals surface area contributed by atoms with Gasteiger partial charge in [-0.2, -0.15) is 0 Å². The second kappa shape index (κ2) is 6.05. The summed E-state index contributed by atoms with van der Waals surface area (Å²) < 4.78 is 1.31. The number of carbonyl (C=O) groups excluding carboxylic acids is 2. The van der Waals surface area contributed by atoms with Crippen molar-refractivity contribution in [2.75, 3.05) is 0 Å². The van der Waals surface area contributed by atoms with E-state index in [9.17, 15) is 19.7 Å². The number of nitrogens with zero attached hydrogens (tertiary/aromatic N) is 3. The Morgan fingerprint density at radius 1 is 1.58 bits per heavy atom. The SMILES string of the molecule is Cc1ncc([N+](=O)[O-])n1CCC(=O)[C@@H](N)CC(N)=O. The average Bonchev–Trinajstić information content (AvgIpc) is 2.66. The molecule has 1 heterocycles. The first-order valence-electron chi connectivity index (χ1n) is 5.56. The molecule has 1 aromatic heterocycles. The predicted molar refractivity (Wildman–Crippen MR) is 65.0 cm³/mol. The lowest BCUT2D eigenvalue weighted by Crippen LogP contribution is -2.35. The lowest BCUT2D eigenvalue weighted by Gasteiger charge is -2.08. The number of aryl methyl sites for hydroxylation is 1. The van der Waals surface area contributed by atoms with Gasteiger partial charge in [0.05, 0.1) is 12.6 Å². The highest BCUT2D eigenvalue weighted by Crippen LogP contribution is 2.14. The van der Waals surface area contributed by atoms with Crippen LogP contribution in [0.25, 0.3) is 0 Å². The molecule has 0 bridgehead atoms. The minimum Gasteiger partial charge on any atom is -0.370 e. The van der Waals surface area contributed by atoms with Crippen molar-refractivity contribution in [3.8, 4) is 0 Å². The standard InChI is InChI=1S/C10H15N5O4/c1-6-13-5-10(15(18)19)14(6)3-2-8(16)7(11)4-9(12)17/h5,7H,2-4,11H2,1H3,(H2,12,17)/t7-/m0/s1. The first-order chi connectivity index (χ1) is 8.82. The summed E-state index contributed by atoms with van der Waals surface area (Å²) in [6.07, 6.45) is 0.874. The van der Waals surface area contributed by atoms with Crippen molar-refractivity contribution in [1.29, 1.82) is 0 Å². The summed E-state index contributed by atoms with van der Waals surface area (Å²) in [6.45, 7) is 1.69. The molecule has 1 atom stereocenters. The highest BCUT2D eigenvalue weighted by molar-refractivity contribution is 5.88. The van der Waals surface area contributed by atoms with Crippen LogP contribution in [0.5, 0.6) is 0 Å². The summed E-state index contributed by atoms with van der Waals surface area (Å²) in [5.41, 5.74) is 10.4. The second-order valence-electron chi connectivity index (χ2n) is 4.07. The van der Waals surface area contributed by atoms with E-state index in [2.05, 4.69) is 4.98 Å². The van der Waals surface area contributed by atoms with Crippen molar-refractivity contribution in [1.82, 2.24) is 9.55 Å². The Hall–Kier alpha value is -2.29. The van der Waals surface area contributed by atoms with E-state index in [0.717, 1.165) is 6.20 Å². The zero-order chi connectivity index (χ0) is 14.6. The Labute approximate surface area is 108 Å². The maximum absolute atomic E-state index is 11.6. The number of hydrogen-bond donors (Lipinski definition) is 2. The first-order valence-corrected chi connectivity index (χ1v) is 5.56. The van der Waals surface area contributed by atoms with E-state index in [4.69, 9.17) is 11.5 Å². The number of imidazole rings is 1. The van der Waals surface area contributed by atoms with Crippen molar-refractivity contribution >= 4 is 17.5 Å². The molecular weight excluding hydrogens is 254 g/mol. The van der Waals surface area contributed by atoms with Gasteiger partial charge in [-0.3, -0.25) is 9.59 Å². The highest BCUT2D eigenvalue weighted by Gasteiger charge is 2.21. The van der Waals surface area contributed by atoms with Crippen LogP contribution >= 0.6 is 0 Å². The fraction of sp³-hybridized carbons (Fsp3) is 0.500. The zero-order valence-electron chi connectivity index (χ0n) is 10.4. The van der Waals surface area contributed by atoms with E-state index in [1.807, 2.05) is 0 Å². The van der Waals surface area contributed by atoms with E-state index in [1.165, 1.54) is 4.57 Å². The van der Waals surface area contributed by atoms with Gasteiger partial charge in [-0.25, -0.2) is 9.55 Å². The molecule has 0 saturated carbocycles. The second-order valence-corrected chi connectivity index (χ2v) is 4.07. The van der Waals surface area contributed by atoms with E-state index >= 15 is 0 Å². The summed E-state index contributed by atoms with van der Waals surface area (Å²) in [7, 11) is 0. The maximum Gasteiger partial charge on any atom is 0.342 e. The van der Waals surface area contributed by atoms with Crippen LogP contribution in [0.4, 0.5) is 5.82 Å². The van der Waals surface area contributed by atoms with Gasteiger partial charge in [0.25, 0.3) is 0 Å². The number of nitrogens with two attached hydrogens (primary N) is 2. The molecule has 0 aliphatic heterocycles. The molecule has 9 heteroatoms. The van der Waals surface area contributed by atoms with Gasteiger partial charge in [-0.15, -0.1) is 0 Å². The fourth-order valence-electron chi connectivity index (χ4n) is 1.62. The van der Waals surface area contributed by atoms with E-state index in [-0.39, 0.29) is 31.0 Å². The molecule has 1 rings (SSSR count). The number of ketones is 1. The predicted octanol–water partition coefficient (Wildman–Crippen LogP) is -0.738.